The summed E-state index contributed by atoms with van der Waals surface area (Å²) in [5.41, 5.74) is 3.94. The highest BCUT2D eigenvalue weighted by atomic mass is 32.1. The van der Waals surface area contributed by atoms with Crippen LogP contribution < -0.4 is 10.2 Å². The van der Waals surface area contributed by atoms with Crippen LogP contribution in [0.25, 0.3) is 16.2 Å². The lowest BCUT2D eigenvalue weighted by molar-refractivity contribution is 0.0735. The second-order valence-corrected chi connectivity index (χ2v) is 10.4. The molecule has 4 heterocycles. The molecule has 1 aliphatic heterocycles. The molecule has 0 bridgehead atoms. The Morgan fingerprint density at radius 2 is 1.80 bits per heavy atom. The molecule has 0 radical (unpaired) electrons. The number of piperazine rings is 1. The van der Waals surface area contributed by atoms with E-state index in [2.05, 4.69) is 46.5 Å². The second-order valence-electron chi connectivity index (χ2n) is 9.50. The van der Waals surface area contributed by atoms with Gasteiger partial charge in [-0.2, -0.15) is 9.61 Å². The van der Waals surface area contributed by atoms with E-state index in [0.29, 0.717) is 24.8 Å². The average Bonchev–Trinajstić information content (AvgIpc) is 3.66. The van der Waals surface area contributed by atoms with Crippen LogP contribution in [-0.2, 0) is 7.05 Å². The van der Waals surface area contributed by atoms with E-state index in [1.54, 1.807) is 35.3 Å². The Morgan fingerprint density at radius 1 is 1.06 bits per heavy atom. The fourth-order valence-electron chi connectivity index (χ4n) is 5.02. The van der Waals surface area contributed by atoms with Gasteiger partial charge in [-0.15, -0.1) is 5.10 Å². The molecule has 1 amide bonds. The summed E-state index contributed by atoms with van der Waals surface area (Å²) >= 11 is 1.61. The van der Waals surface area contributed by atoms with Gasteiger partial charge < -0.3 is 15.1 Å². The van der Waals surface area contributed by atoms with E-state index in [9.17, 15) is 4.79 Å². The van der Waals surface area contributed by atoms with Crippen LogP contribution in [0.4, 0.5) is 10.9 Å². The molecule has 1 saturated heterocycles. The first-order chi connectivity index (χ1) is 17.1. The minimum absolute atomic E-state index is 0.0318. The molecule has 3 aromatic heterocycles. The molecule has 0 atom stereocenters. The molecule has 0 unspecified atom stereocenters. The van der Waals surface area contributed by atoms with Crippen LogP contribution in [0.5, 0.6) is 0 Å². The summed E-state index contributed by atoms with van der Waals surface area (Å²) in [6.07, 6.45) is 6.57. The van der Waals surface area contributed by atoms with Gasteiger partial charge in [-0.1, -0.05) is 54.0 Å². The second kappa shape index (κ2) is 8.99. The Morgan fingerprint density at radius 3 is 2.49 bits per heavy atom. The number of carbonyl (C=O) groups is 1. The van der Waals surface area contributed by atoms with Crippen molar-refractivity contribution in [3.63, 3.8) is 0 Å². The molecular formula is C25H30N8OS. The maximum absolute atomic E-state index is 12.8. The van der Waals surface area contributed by atoms with Gasteiger partial charge in [-0.25, -0.2) is 4.98 Å². The largest absolute Gasteiger partial charge is 0.365 e. The molecule has 1 N–H and O–H groups in total. The third kappa shape index (κ3) is 4.16. The fraction of sp³-hybridized carbons (Fsp3) is 0.440. The highest BCUT2D eigenvalue weighted by molar-refractivity contribution is 7.20. The van der Waals surface area contributed by atoms with Crippen molar-refractivity contribution in [2.45, 2.75) is 38.6 Å². The lowest BCUT2D eigenvalue weighted by Crippen LogP contribution is -2.49. The number of benzene rings is 1. The van der Waals surface area contributed by atoms with Crippen molar-refractivity contribution in [3.05, 3.63) is 47.8 Å². The molecule has 10 heteroatoms. The number of hydrogen-bond donors (Lipinski definition) is 1. The summed E-state index contributed by atoms with van der Waals surface area (Å²) in [5.74, 6) is 1.02. The molecule has 1 aliphatic carbocycles. The van der Waals surface area contributed by atoms with Crippen LogP contribution in [0.2, 0.25) is 0 Å². The fourth-order valence-corrected chi connectivity index (χ4v) is 5.97. The highest BCUT2D eigenvalue weighted by Crippen LogP contribution is 2.35. The molecule has 1 saturated carbocycles. The predicted molar refractivity (Wildman–Crippen MR) is 138 cm³/mol. The highest BCUT2D eigenvalue weighted by Gasteiger charge is 2.27. The van der Waals surface area contributed by atoms with Crippen molar-refractivity contribution >= 4 is 33.2 Å². The Hall–Kier alpha value is -3.40. The van der Waals surface area contributed by atoms with Gasteiger partial charge in [0.05, 0.1) is 0 Å². The molecule has 4 aromatic rings. The molecular weight excluding hydrogens is 460 g/mol. The van der Waals surface area contributed by atoms with E-state index in [4.69, 9.17) is 10.1 Å². The van der Waals surface area contributed by atoms with Crippen molar-refractivity contribution < 1.29 is 4.79 Å². The number of imidazole rings is 1. The van der Waals surface area contributed by atoms with Gasteiger partial charge >= 0.3 is 0 Å². The Bertz CT molecular complexity index is 1340. The van der Waals surface area contributed by atoms with Crippen LogP contribution in [0.15, 0.2) is 36.5 Å². The van der Waals surface area contributed by atoms with E-state index >= 15 is 0 Å². The standard InChI is InChI=1S/C25H30N8OS/c1-17-7-9-18(10-8-17)21-22(27-19-5-3-4-6-19)33-24(28-21)35-25(29-33)32-15-13-31(14-16-32)23(34)20-11-12-26-30(20)2/h7-12,19,27H,3-6,13-16H2,1-2H3. The number of aromatic nitrogens is 5. The Balaban J connectivity index is 1.25. The van der Waals surface area contributed by atoms with Gasteiger partial charge in [0.15, 0.2) is 5.82 Å². The first-order valence-corrected chi connectivity index (χ1v) is 13.1. The van der Waals surface area contributed by atoms with Crippen LogP contribution in [0, 0.1) is 6.92 Å². The summed E-state index contributed by atoms with van der Waals surface area (Å²) in [6, 6.07) is 10.8. The van der Waals surface area contributed by atoms with Crippen LogP contribution >= 0.6 is 11.3 Å². The van der Waals surface area contributed by atoms with Crippen molar-refractivity contribution in [2.24, 2.45) is 7.05 Å². The van der Waals surface area contributed by atoms with Gasteiger partial charge in [0.1, 0.15) is 11.4 Å². The van der Waals surface area contributed by atoms with E-state index in [1.165, 1.54) is 31.2 Å². The van der Waals surface area contributed by atoms with Gasteiger partial charge in [0.25, 0.3) is 5.91 Å². The van der Waals surface area contributed by atoms with Gasteiger partial charge in [0.2, 0.25) is 10.1 Å². The number of nitrogens with zero attached hydrogens (tertiary/aromatic N) is 7. The number of amides is 1. The number of fused-ring (bicyclic) bond motifs is 1. The summed E-state index contributed by atoms with van der Waals surface area (Å²) < 4.78 is 3.62. The van der Waals surface area contributed by atoms with Crippen molar-refractivity contribution in [1.82, 2.24) is 29.3 Å². The van der Waals surface area contributed by atoms with Crippen molar-refractivity contribution in [1.29, 1.82) is 0 Å². The first-order valence-electron chi connectivity index (χ1n) is 12.3. The van der Waals surface area contributed by atoms with Crippen molar-refractivity contribution in [3.8, 4) is 11.3 Å². The summed E-state index contributed by atoms with van der Waals surface area (Å²) in [4.78, 5) is 22.9. The number of carbonyl (C=O) groups excluding carboxylic acids is 1. The maximum atomic E-state index is 12.8. The van der Waals surface area contributed by atoms with Crippen LogP contribution in [0.3, 0.4) is 0 Å². The quantitative estimate of drug-likeness (QED) is 0.458. The first kappa shape index (κ1) is 22.1. The van der Waals surface area contributed by atoms with Crippen LogP contribution in [-0.4, -0.2) is 67.4 Å². The molecule has 35 heavy (non-hydrogen) atoms. The lowest BCUT2D eigenvalue weighted by atomic mass is 10.1. The number of rotatable bonds is 5. The SMILES string of the molecule is Cc1ccc(-c2nc3sc(N4CCN(C(=O)c5ccnn5C)CC4)nn3c2NC2CCCC2)cc1. The molecule has 2 fully saturated rings. The topological polar surface area (TPSA) is 83.6 Å². The predicted octanol–water partition coefficient (Wildman–Crippen LogP) is 3.82. The molecule has 2 aliphatic rings. The Labute approximate surface area is 208 Å². The Kier molecular flexibility index (Phi) is 5.68. The molecule has 6 rings (SSSR count). The lowest BCUT2D eigenvalue weighted by Gasteiger charge is -2.34. The van der Waals surface area contributed by atoms with Gasteiger partial charge in [0, 0.05) is 51.0 Å². The van der Waals surface area contributed by atoms with Gasteiger partial charge in [-0.3, -0.25) is 9.48 Å². The maximum Gasteiger partial charge on any atom is 0.272 e. The minimum atomic E-state index is 0.0318. The molecule has 9 nitrogen and oxygen atoms in total. The third-order valence-electron chi connectivity index (χ3n) is 7.09. The normalized spacial score (nSPS) is 17.0. The average molecular weight is 491 g/mol. The minimum Gasteiger partial charge on any atom is -0.365 e. The summed E-state index contributed by atoms with van der Waals surface area (Å²) in [6.45, 7) is 4.92. The monoisotopic (exact) mass is 490 g/mol. The zero-order valence-electron chi connectivity index (χ0n) is 20.1. The zero-order valence-corrected chi connectivity index (χ0v) is 21.0. The number of anilines is 2. The van der Waals surface area contributed by atoms with E-state index in [0.717, 1.165) is 40.3 Å². The molecule has 0 spiro atoms. The summed E-state index contributed by atoms with van der Waals surface area (Å²) in [5, 5.41) is 13.8. The number of hydrogen-bond acceptors (Lipinski definition) is 7. The van der Waals surface area contributed by atoms with Crippen molar-refractivity contribution in [2.75, 3.05) is 36.4 Å². The van der Waals surface area contributed by atoms with Crippen LogP contribution in [0.1, 0.15) is 41.7 Å². The van der Waals surface area contributed by atoms with E-state index in [-0.39, 0.29) is 5.91 Å². The zero-order chi connectivity index (χ0) is 23.9. The van der Waals surface area contributed by atoms with E-state index < -0.39 is 0 Å². The smallest absolute Gasteiger partial charge is 0.272 e. The summed E-state index contributed by atoms with van der Waals surface area (Å²) in [7, 11) is 1.80. The number of nitrogens with one attached hydrogen (secondary N) is 1. The third-order valence-corrected chi connectivity index (χ3v) is 8.06. The van der Waals surface area contributed by atoms with Gasteiger partial charge in [-0.05, 0) is 25.8 Å². The number of aryl methyl sites for hydroxylation is 2. The molecule has 182 valence electrons. The van der Waals surface area contributed by atoms with E-state index in [1.807, 2.05) is 9.42 Å². The molecule has 1 aromatic carbocycles.